The normalized spacial score (nSPS) is 18.4. The minimum absolute atomic E-state index is 0.279. The molecular weight excluding hydrogens is 391 g/mol. The van der Waals surface area contributed by atoms with Crippen LogP contribution in [0.1, 0.15) is 48.7 Å². The Labute approximate surface area is 180 Å². The van der Waals surface area contributed by atoms with Gasteiger partial charge >= 0.3 is 0 Å². The average molecular weight is 419 g/mol. The molecule has 7 heteroatoms. The summed E-state index contributed by atoms with van der Waals surface area (Å²) in [6, 6.07) is 5.46. The monoisotopic (exact) mass is 418 g/mol. The van der Waals surface area contributed by atoms with Crippen LogP contribution in [-0.2, 0) is 0 Å². The summed E-state index contributed by atoms with van der Waals surface area (Å²) in [7, 11) is 0. The molecule has 1 aliphatic heterocycles. The number of halogens is 1. The van der Waals surface area contributed by atoms with Crippen LogP contribution < -0.4 is 0 Å². The number of hydrogen-bond acceptors (Lipinski definition) is 4. The summed E-state index contributed by atoms with van der Waals surface area (Å²) in [5.41, 5.74) is 5.38. The minimum Gasteiger partial charge on any atom is -0.339 e. The lowest BCUT2D eigenvalue weighted by atomic mass is 9.96. The van der Waals surface area contributed by atoms with E-state index in [0.717, 1.165) is 65.8 Å². The standard InChI is InChI=1S/C24H27FN6/c1-14-9-20(29-31-12-15(2)26-24(14)31)18-10-19(25)22-21(11-18)27-23(28-22)17-5-7-30(8-6-17)13-16-3-4-16/h9-12,16-17H,3-8,13H2,1-2H3,(H,27,28). The number of fused-ring (bicyclic) bond motifs is 2. The first-order chi connectivity index (χ1) is 15.0. The molecule has 2 fully saturated rings. The number of imidazole rings is 2. The first kappa shape index (κ1) is 18.9. The summed E-state index contributed by atoms with van der Waals surface area (Å²) in [6.45, 7) is 7.42. The highest BCUT2D eigenvalue weighted by Crippen LogP contribution is 2.34. The fourth-order valence-electron chi connectivity index (χ4n) is 4.87. The lowest BCUT2D eigenvalue weighted by Gasteiger charge is -2.31. The minimum atomic E-state index is -0.279. The van der Waals surface area contributed by atoms with Gasteiger partial charge in [-0.15, -0.1) is 0 Å². The van der Waals surface area contributed by atoms with Crippen molar-refractivity contribution in [1.29, 1.82) is 0 Å². The highest BCUT2D eigenvalue weighted by molar-refractivity contribution is 5.82. The van der Waals surface area contributed by atoms with E-state index in [9.17, 15) is 0 Å². The first-order valence-electron chi connectivity index (χ1n) is 11.3. The van der Waals surface area contributed by atoms with Crippen molar-refractivity contribution in [2.24, 2.45) is 5.92 Å². The predicted molar refractivity (Wildman–Crippen MR) is 119 cm³/mol. The molecule has 6 rings (SSSR count). The Balaban J connectivity index is 1.30. The Hall–Kier alpha value is -2.80. The second kappa shape index (κ2) is 7.12. The summed E-state index contributed by atoms with van der Waals surface area (Å²) < 4.78 is 16.8. The molecule has 0 bridgehead atoms. The molecule has 1 saturated heterocycles. The van der Waals surface area contributed by atoms with Crippen molar-refractivity contribution in [3.63, 3.8) is 0 Å². The molecule has 0 atom stereocenters. The molecule has 1 aromatic carbocycles. The number of likely N-dealkylation sites (tertiary alicyclic amines) is 1. The third-order valence-corrected chi connectivity index (χ3v) is 6.78. The van der Waals surface area contributed by atoms with Crippen LogP contribution in [0, 0.1) is 25.6 Å². The Bertz CT molecular complexity index is 1280. The maximum atomic E-state index is 15.0. The summed E-state index contributed by atoms with van der Waals surface area (Å²) >= 11 is 0. The number of nitrogens with one attached hydrogen (secondary N) is 1. The van der Waals surface area contributed by atoms with Gasteiger partial charge in [0.05, 0.1) is 23.1 Å². The highest BCUT2D eigenvalue weighted by atomic mass is 19.1. The molecule has 0 amide bonds. The van der Waals surface area contributed by atoms with Crippen molar-refractivity contribution in [2.75, 3.05) is 19.6 Å². The average Bonchev–Trinajstić information content (AvgIpc) is 3.30. The molecule has 1 aliphatic carbocycles. The third-order valence-electron chi connectivity index (χ3n) is 6.78. The summed E-state index contributed by atoms with van der Waals surface area (Å²) in [6.07, 6.45) is 6.85. The number of rotatable bonds is 4. The van der Waals surface area contributed by atoms with Crippen molar-refractivity contribution in [3.05, 3.63) is 47.3 Å². The third kappa shape index (κ3) is 3.51. The predicted octanol–water partition coefficient (Wildman–Crippen LogP) is 4.62. The molecule has 0 radical (unpaired) electrons. The largest absolute Gasteiger partial charge is 0.339 e. The Morgan fingerprint density at radius 1 is 1.06 bits per heavy atom. The Morgan fingerprint density at radius 2 is 1.87 bits per heavy atom. The van der Waals surface area contributed by atoms with Crippen LogP contribution in [0.4, 0.5) is 4.39 Å². The van der Waals surface area contributed by atoms with Gasteiger partial charge < -0.3 is 9.88 Å². The number of aromatic nitrogens is 5. The van der Waals surface area contributed by atoms with Gasteiger partial charge in [-0.25, -0.2) is 18.9 Å². The molecule has 160 valence electrons. The number of benzene rings is 1. The van der Waals surface area contributed by atoms with Crippen LogP contribution in [0.15, 0.2) is 24.4 Å². The van der Waals surface area contributed by atoms with E-state index in [1.54, 1.807) is 10.6 Å². The van der Waals surface area contributed by atoms with E-state index < -0.39 is 0 Å². The number of aromatic amines is 1. The zero-order chi connectivity index (χ0) is 21.1. The lowest BCUT2D eigenvalue weighted by Crippen LogP contribution is -2.34. The summed E-state index contributed by atoms with van der Waals surface area (Å²) in [5, 5.41) is 4.65. The van der Waals surface area contributed by atoms with E-state index in [-0.39, 0.29) is 5.82 Å². The Morgan fingerprint density at radius 3 is 2.65 bits per heavy atom. The van der Waals surface area contributed by atoms with Crippen LogP contribution in [-0.4, -0.2) is 49.1 Å². The lowest BCUT2D eigenvalue weighted by molar-refractivity contribution is 0.202. The number of nitrogens with zero attached hydrogens (tertiary/aromatic N) is 5. The van der Waals surface area contributed by atoms with Crippen molar-refractivity contribution < 1.29 is 4.39 Å². The smallest absolute Gasteiger partial charge is 0.156 e. The number of H-pyrrole nitrogens is 1. The molecule has 4 heterocycles. The van der Waals surface area contributed by atoms with Gasteiger partial charge in [0.25, 0.3) is 0 Å². The number of piperidine rings is 1. The van der Waals surface area contributed by atoms with Crippen molar-refractivity contribution in [2.45, 2.75) is 45.4 Å². The number of hydrogen-bond donors (Lipinski definition) is 1. The van der Waals surface area contributed by atoms with E-state index in [2.05, 4.69) is 20.0 Å². The van der Waals surface area contributed by atoms with Gasteiger partial charge in [-0.1, -0.05) is 0 Å². The molecular formula is C24H27FN6. The van der Waals surface area contributed by atoms with Crippen LogP contribution >= 0.6 is 0 Å². The second-order valence-electron chi connectivity index (χ2n) is 9.36. The Kier molecular flexibility index (Phi) is 4.35. The van der Waals surface area contributed by atoms with Crippen LogP contribution in [0.2, 0.25) is 0 Å². The second-order valence-corrected chi connectivity index (χ2v) is 9.36. The molecule has 0 spiro atoms. The van der Waals surface area contributed by atoms with Gasteiger partial charge in [-0.3, -0.25) is 0 Å². The van der Waals surface area contributed by atoms with Crippen molar-refractivity contribution in [3.8, 4) is 11.3 Å². The molecule has 1 N–H and O–H groups in total. The highest BCUT2D eigenvalue weighted by Gasteiger charge is 2.28. The van der Waals surface area contributed by atoms with E-state index in [4.69, 9.17) is 4.98 Å². The SMILES string of the molecule is Cc1cn2nc(-c3cc(F)c4[nH]c(C5CCN(CC6CC6)CC5)nc4c3)cc(C)c2n1. The maximum absolute atomic E-state index is 15.0. The quantitative estimate of drug-likeness (QED) is 0.525. The fourth-order valence-corrected chi connectivity index (χ4v) is 4.87. The number of aryl methyl sites for hydroxylation is 2. The van der Waals surface area contributed by atoms with Gasteiger partial charge in [-0.2, -0.15) is 5.10 Å². The van der Waals surface area contributed by atoms with Gasteiger partial charge in [0.15, 0.2) is 5.65 Å². The first-order valence-corrected chi connectivity index (χ1v) is 11.3. The van der Waals surface area contributed by atoms with E-state index >= 15 is 4.39 Å². The van der Waals surface area contributed by atoms with Crippen molar-refractivity contribution in [1.82, 2.24) is 29.5 Å². The van der Waals surface area contributed by atoms with E-state index in [1.165, 1.54) is 19.4 Å². The molecule has 0 unspecified atom stereocenters. The van der Waals surface area contributed by atoms with Gasteiger partial charge in [0, 0.05) is 18.0 Å². The van der Waals surface area contributed by atoms with E-state index in [0.29, 0.717) is 17.0 Å². The van der Waals surface area contributed by atoms with Crippen LogP contribution in [0.3, 0.4) is 0 Å². The van der Waals surface area contributed by atoms with Gasteiger partial charge in [0.2, 0.25) is 0 Å². The van der Waals surface area contributed by atoms with Crippen LogP contribution in [0.5, 0.6) is 0 Å². The molecule has 2 aliphatic rings. The maximum Gasteiger partial charge on any atom is 0.156 e. The molecule has 6 nitrogen and oxygen atoms in total. The summed E-state index contributed by atoms with van der Waals surface area (Å²) in [5.74, 6) is 1.94. The summed E-state index contributed by atoms with van der Waals surface area (Å²) in [4.78, 5) is 15.2. The topological polar surface area (TPSA) is 62.1 Å². The zero-order valence-corrected chi connectivity index (χ0v) is 18.0. The van der Waals surface area contributed by atoms with Gasteiger partial charge in [0.1, 0.15) is 17.2 Å². The molecule has 1 saturated carbocycles. The van der Waals surface area contributed by atoms with Gasteiger partial charge in [-0.05, 0) is 82.3 Å². The fraction of sp³-hybridized carbons (Fsp3) is 0.458. The van der Waals surface area contributed by atoms with Crippen LogP contribution in [0.25, 0.3) is 27.9 Å². The van der Waals surface area contributed by atoms with E-state index in [1.807, 2.05) is 32.2 Å². The molecule has 4 aromatic rings. The molecule has 31 heavy (non-hydrogen) atoms. The zero-order valence-electron chi connectivity index (χ0n) is 18.0. The van der Waals surface area contributed by atoms with Crippen molar-refractivity contribution >= 4 is 16.7 Å². The molecule has 3 aromatic heterocycles.